The van der Waals surface area contributed by atoms with Gasteiger partial charge in [-0.2, -0.15) is 0 Å². The fourth-order valence-corrected chi connectivity index (χ4v) is 3.14. The predicted molar refractivity (Wildman–Crippen MR) is 108 cm³/mol. The number of nitrogens with zero attached hydrogens (tertiary/aromatic N) is 1. The van der Waals surface area contributed by atoms with Crippen molar-refractivity contribution in [2.24, 2.45) is 0 Å². The minimum Gasteiger partial charge on any atom is -0.394 e. The zero-order valence-corrected chi connectivity index (χ0v) is 15.5. The van der Waals surface area contributed by atoms with Crippen molar-refractivity contribution in [2.75, 3.05) is 31.2 Å². The molecule has 0 aromatic heterocycles. The smallest absolute Gasteiger partial charge is 0.244 e. The van der Waals surface area contributed by atoms with Gasteiger partial charge in [-0.15, -0.1) is 0 Å². The Morgan fingerprint density at radius 3 is 2.89 bits per heavy atom. The number of rotatable bonds is 6. The van der Waals surface area contributed by atoms with Crippen LogP contribution in [0.25, 0.3) is 6.08 Å². The molecule has 0 bridgehead atoms. The van der Waals surface area contributed by atoms with Crippen LogP contribution in [0.3, 0.4) is 0 Å². The number of anilines is 1. The van der Waals surface area contributed by atoms with Crippen molar-refractivity contribution in [3.8, 4) is 0 Å². The lowest BCUT2D eigenvalue weighted by Gasteiger charge is -2.34. The highest BCUT2D eigenvalue weighted by molar-refractivity contribution is 5.91. The summed E-state index contributed by atoms with van der Waals surface area (Å²) in [6.45, 7) is 4.06. The van der Waals surface area contributed by atoms with E-state index in [4.69, 9.17) is 4.74 Å². The van der Waals surface area contributed by atoms with Crippen LogP contribution >= 0.6 is 0 Å². The molecule has 0 radical (unpaired) electrons. The Bertz CT molecular complexity index is 776. The first-order valence-electron chi connectivity index (χ1n) is 9.26. The molecule has 3 rings (SSSR count). The molecule has 1 aliphatic rings. The molecule has 0 aliphatic carbocycles. The summed E-state index contributed by atoms with van der Waals surface area (Å²) in [4.78, 5) is 14.4. The second-order valence-corrected chi connectivity index (χ2v) is 6.69. The van der Waals surface area contributed by atoms with Crippen LogP contribution in [-0.2, 0) is 9.53 Å². The average Bonchev–Trinajstić information content (AvgIpc) is 2.73. The maximum Gasteiger partial charge on any atom is 0.244 e. The van der Waals surface area contributed by atoms with E-state index in [1.807, 2.05) is 55.5 Å². The van der Waals surface area contributed by atoms with Crippen LogP contribution in [0.15, 0.2) is 60.7 Å². The van der Waals surface area contributed by atoms with Crippen molar-refractivity contribution in [3.05, 3.63) is 71.8 Å². The number of nitrogens with one attached hydrogen (secondary N) is 1. The van der Waals surface area contributed by atoms with E-state index in [1.54, 1.807) is 12.2 Å². The standard InChI is InChI=1S/C22H26N2O3/c1-17(23-22(26)11-10-18-6-3-2-4-7-18)19-8-5-9-20(14-19)24-12-13-27-21(15-24)16-25/h2-11,14,17,21,25H,12-13,15-16H2,1H3,(H,23,26)/t17-,21?/m1/s1. The van der Waals surface area contributed by atoms with E-state index in [1.165, 1.54) is 0 Å². The van der Waals surface area contributed by atoms with Crippen LogP contribution in [0.1, 0.15) is 24.1 Å². The van der Waals surface area contributed by atoms with Gasteiger partial charge in [-0.3, -0.25) is 4.79 Å². The Morgan fingerprint density at radius 2 is 2.11 bits per heavy atom. The van der Waals surface area contributed by atoms with Crippen molar-refractivity contribution in [2.45, 2.75) is 19.1 Å². The monoisotopic (exact) mass is 366 g/mol. The number of carbonyl (C=O) groups excluding carboxylic acids is 1. The molecule has 5 heteroatoms. The van der Waals surface area contributed by atoms with E-state index in [9.17, 15) is 9.90 Å². The lowest BCUT2D eigenvalue weighted by atomic mass is 10.1. The molecular formula is C22H26N2O3. The largest absolute Gasteiger partial charge is 0.394 e. The summed E-state index contributed by atoms with van der Waals surface area (Å²) in [6.07, 6.45) is 3.22. The number of aliphatic hydroxyl groups excluding tert-OH is 1. The molecule has 1 aliphatic heterocycles. The molecule has 2 N–H and O–H groups in total. The summed E-state index contributed by atoms with van der Waals surface area (Å²) in [5, 5.41) is 12.3. The number of hydrogen-bond acceptors (Lipinski definition) is 4. The van der Waals surface area contributed by atoms with E-state index in [0.29, 0.717) is 13.2 Å². The Balaban J connectivity index is 1.62. The van der Waals surface area contributed by atoms with Gasteiger partial charge in [0.25, 0.3) is 0 Å². The van der Waals surface area contributed by atoms with Gasteiger partial charge in [0.05, 0.1) is 25.4 Å². The number of carbonyl (C=O) groups is 1. The summed E-state index contributed by atoms with van der Waals surface area (Å²) in [7, 11) is 0. The van der Waals surface area contributed by atoms with Crippen LogP contribution < -0.4 is 10.2 Å². The van der Waals surface area contributed by atoms with E-state index < -0.39 is 0 Å². The predicted octanol–water partition coefficient (Wildman–Crippen LogP) is 2.77. The highest BCUT2D eigenvalue weighted by atomic mass is 16.5. The summed E-state index contributed by atoms with van der Waals surface area (Å²) >= 11 is 0. The van der Waals surface area contributed by atoms with Crippen molar-refractivity contribution < 1.29 is 14.6 Å². The molecule has 0 spiro atoms. The molecule has 27 heavy (non-hydrogen) atoms. The summed E-state index contributed by atoms with van der Waals surface area (Å²) in [5.41, 5.74) is 3.12. The second-order valence-electron chi connectivity index (χ2n) is 6.69. The first-order valence-corrected chi connectivity index (χ1v) is 9.26. The first kappa shape index (κ1) is 19.1. The molecule has 0 saturated carbocycles. The molecule has 5 nitrogen and oxygen atoms in total. The van der Waals surface area contributed by atoms with Crippen molar-refractivity contribution in [3.63, 3.8) is 0 Å². The SMILES string of the molecule is C[C@@H](NC(=O)C=Cc1ccccc1)c1cccc(N2CCOC(CO)C2)c1. The van der Waals surface area contributed by atoms with E-state index in [-0.39, 0.29) is 24.7 Å². The highest BCUT2D eigenvalue weighted by Gasteiger charge is 2.20. The summed E-state index contributed by atoms with van der Waals surface area (Å²) in [5.74, 6) is -0.122. The van der Waals surface area contributed by atoms with Crippen LogP contribution in [0.4, 0.5) is 5.69 Å². The van der Waals surface area contributed by atoms with Gasteiger partial charge in [-0.25, -0.2) is 0 Å². The zero-order chi connectivity index (χ0) is 19.1. The molecule has 142 valence electrons. The fourth-order valence-electron chi connectivity index (χ4n) is 3.14. The maximum absolute atomic E-state index is 12.2. The molecule has 1 saturated heterocycles. The molecule has 2 aromatic rings. The third-order valence-corrected chi connectivity index (χ3v) is 4.66. The quantitative estimate of drug-likeness (QED) is 0.772. The van der Waals surface area contributed by atoms with Gasteiger partial charge in [0.2, 0.25) is 5.91 Å². The Kier molecular flexibility index (Phi) is 6.63. The van der Waals surface area contributed by atoms with Gasteiger partial charge in [0.1, 0.15) is 0 Å². The molecule has 1 amide bonds. The van der Waals surface area contributed by atoms with Gasteiger partial charge in [0, 0.05) is 24.9 Å². The van der Waals surface area contributed by atoms with Gasteiger partial charge in [-0.05, 0) is 36.3 Å². The van der Waals surface area contributed by atoms with Crippen LogP contribution in [0, 0.1) is 0 Å². The Hall–Kier alpha value is -2.63. The number of aliphatic hydroxyl groups is 1. The van der Waals surface area contributed by atoms with Crippen LogP contribution in [0.2, 0.25) is 0 Å². The lowest BCUT2D eigenvalue weighted by molar-refractivity contribution is -0.117. The molecule has 2 aromatic carbocycles. The minimum atomic E-state index is -0.150. The fraction of sp³-hybridized carbons (Fsp3) is 0.318. The van der Waals surface area contributed by atoms with Crippen LogP contribution in [-0.4, -0.2) is 43.4 Å². The van der Waals surface area contributed by atoms with Crippen molar-refractivity contribution in [1.82, 2.24) is 5.32 Å². The summed E-state index contributed by atoms with van der Waals surface area (Å²) in [6, 6.07) is 17.8. The van der Waals surface area contributed by atoms with Gasteiger partial charge in [-0.1, -0.05) is 42.5 Å². The van der Waals surface area contributed by atoms with Gasteiger partial charge in [0.15, 0.2) is 0 Å². The molecule has 1 fully saturated rings. The lowest BCUT2D eigenvalue weighted by Crippen LogP contribution is -2.44. The first-order chi connectivity index (χ1) is 13.2. The Labute approximate surface area is 160 Å². The van der Waals surface area contributed by atoms with E-state index in [2.05, 4.69) is 16.3 Å². The second kappa shape index (κ2) is 9.35. The minimum absolute atomic E-state index is 0.0242. The van der Waals surface area contributed by atoms with Crippen molar-refractivity contribution >= 4 is 17.7 Å². The topological polar surface area (TPSA) is 61.8 Å². The van der Waals surface area contributed by atoms with E-state index in [0.717, 1.165) is 23.4 Å². The summed E-state index contributed by atoms with van der Waals surface area (Å²) < 4.78 is 5.52. The highest BCUT2D eigenvalue weighted by Crippen LogP contribution is 2.22. The number of hydrogen-bond donors (Lipinski definition) is 2. The Morgan fingerprint density at radius 1 is 1.30 bits per heavy atom. The molecular weight excluding hydrogens is 340 g/mol. The molecule has 1 heterocycles. The molecule has 1 unspecified atom stereocenters. The van der Waals surface area contributed by atoms with Gasteiger partial charge >= 0.3 is 0 Å². The number of ether oxygens (including phenoxy) is 1. The number of amides is 1. The third kappa shape index (κ3) is 5.42. The van der Waals surface area contributed by atoms with Crippen LogP contribution in [0.5, 0.6) is 0 Å². The van der Waals surface area contributed by atoms with Crippen molar-refractivity contribution in [1.29, 1.82) is 0 Å². The third-order valence-electron chi connectivity index (χ3n) is 4.66. The zero-order valence-electron chi connectivity index (χ0n) is 15.5. The number of morpholine rings is 1. The molecule has 2 atom stereocenters. The average molecular weight is 366 g/mol. The number of benzene rings is 2. The normalized spacial score (nSPS) is 18.4. The maximum atomic E-state index is 12.2. The van der Waals surface area contributed by atoms with E-state index >= 15 is 0 Å². The van der Waals surface area contributed by atoms with Gasteiger partial charge < -0.3 is 20.1 Å².